The largest absolute Gasteiger partial charge is 0.322 e. The number of allylic oxidation sites excluding steroid dienone is 2. The molecule has 2 aromatic carbocycles. The van der Waals surface area contributed by atoms with Crippen molar-refractivity contribution in [2.45, 2.75) is 39.8 Å². The van der Waals surface area contributed by atoms with Crippen molar-refractivity contribution in [2.75, 3.05) is 4.90 Å². The second-order valence-corrected chi connectivity index (χ2v) is 6.81. The van der Waals surface area contributed by atoms with Gasteiger partial charge in [-0.15, -0.1) is 0 Å². The molecule has 0 N–H and O–H groups in total. The fourth-order valence-corrected chi connectivity index (χ4v) is 3.65. The van der Waals surface area contributed by atoms with Crippen LogP contribution in [0.25, 0.3) is 11.1 Å². The summed E-state index contributed by atoms with van der Waals surface area (Å²) in [5, 5.41) is 10.3. The Morgan fingerprint density at radius 1 is 1.19 bits per heavy atom. The molecule has 3 nitrogen and oxygen atoms in total. The summed E-state index contributed by atoms with van der Waals surface area (Å²) >= 11 is 6.32. The van der Waals surface area contributed by atoms with Gasteiger partial charge in [-0.2, -0.15) is 5.26 Å². The molecular formula is C22H22ClN3. The van der Waals surface area contributed by atoms with Gasteiger partial charge in [-0.25, -0.2) is 4.99 Å². The molecule has 4 heteroatoms. The van der Waals surface area contributed by atoms with Crippen LogP contribution >= 0.6 is 11.6 Å². The van der Waals surface area contributed by atoms with Gasteiger partial charge < -0.3 is 4.90 Å². The van der Waals surface area contributed by atoms with E-state index in [4.69, 9.17) is 11.6 Å². The first-order valence-corrected chi connectivity index (χ1v) is 9.26. The summed E-state index contributed by atoms with van der Waals surface area (Å²) in [5.74, 6) is 0. The summed E-state index contributed by atoms with van der Waals surface area (Å²) in [5.41, 5.74) is 5.82. The van der Waals surface area contributed by atoms with Gasteiger partial charge in [0, 0.05) is 17.0 Å². The molecule has 26 heavy (non-hydrogen) atoms. The first-order valence-electron chi connectivity index (χ1n) is 8.89. The number of nitrogens with zero attached hydrogens (tertiary/aromatic N) is 3. The number of hydrogen-bond donors (Lipinski definition) is 0. The predicted molar refractivity (Wildman–Crippen MR) is 109 cm³/mol. The average molecular weight is 364 g/mol. The maximum atomic E-state index is 9.70. The summed E-state index contributed by atoms with van der Waals surface area (Å²) in [6.07, 6.45) is 1.85. The Hall–Kier alpha value is -2.57. The van der Waals surface area contributed by atoms with Crippen molar-refractivity contribution in [3.05, 3.63) is 65.4 Å². The second kappa shape index (κ2) is 7.76. The lowest BCUT2D eigenvalue weighted by Crippen LogP contribution is -2.36. The Bertz CT molecular complexity index is 907. The van der Waals surface area contributed by atoms with E-state index in [0.717, 1.165) is 35.2 Å². The van der Waals surface area contributed by atoms with Gasteiger partial charge in [0.2, 0.25) is 0 Å². The van der Waals surface area contributed by atoms with E-state index in [9.17, 15) is 5.26 Å². The summed E-state index contributed by atoms with van der Waals surface area (Å²) in [7, 11) is 0. The number of nitriles is 1. The summed E-state index contributed by atoms with van der Waals surface area (Å²) in [6, 6.07) is 18.4. The number of aliphatic imine (C=N–C) groups is 1. The highest BCUT2D eigenvalue weighted by Crippen LogP contribution is 2.35. The van der Waals surface area contributed by atoms with Crippen LogP contribution in [-0.4, -0.2) is 11.3 Å². The molecule has 0 spiro atoms. The topological polar surface area (TPSA) is 39.4 Å². The summed E-state index contributed by atoms with van der Waals surface area (Å²) in [6.45, 7) is 6.20. The third-order valence-corrected chi connectivity index (χ3v) is 5.06. The van der Waals surface area contributed by atoms with Crippen LogP contribution in [0, 0.1) is 11.3 Å². The van der Waals surface area contributed by atoms with E-state index in [-0.39, 0.29) is 6.17 Å². The van der Waals surface area contributed by atoms with Crippen molar-refractivity contribution in [1.29, 1.82) is 5.26 Å². The van der Waals surface area contributed by atoms with E-state index in [2.05, 4.69) is 29.0 Å². The lowest BCUT2D eigenvalue weighted by Gasteiger charge is -2.36. The number of benzene rings is 2. The minimum absolute atomic E-state index is 0.0955. The molecule has 0 fully saturated rings. The van der Waals surface area contributed by atoms with Crippen LogP contribution in [0.5, 0.6) is 0 Å². The van der Waals surface area contributed by atoms with Crippen LogP contribution in [0.2, 0.25) is 0 Å². The fourth-order valence-electron chi connectivity index (χ4n) is 3.40. The van der Waals surface area contributed by atoms with Crippen molar-refractivity contribution in [3.8, 4) is 17.2 Å². The van der Waals surface area contributed by atoms with Gasteiger partial charge in [-0.05, 0) is 43.5 Å². The van der Waals surface area contributed by atoms with Crippen LogP contribution in [0.1, 0.15) is 39.2 Å². The lowest BCUT2D eigenvalue weighted by atomic mass is 9.98. The molecule has 3 rings (SSSR count). The maximum Gasteiger partial charge on any atom is 0.130 e. The van der Waals surface area contributed by atoms with Crippen molar-refractivity contribution < 1.29 is 0 Å². The van der Waals surface area contributed by atoms with Crippen molar-refractivity contribution in [3.63, 3.8) is 0 Å². The standard InChI is InChI=1S/C22H22ClN3/c1-4-8-21-15(2)22(23)25-16(3)26(21)19-11-12-20(18(13-19)14-24)17-9-6-5-7-10-17/h5-7,9-13,16H,4,8H2,1-3H3. The number of anilines is 1. The quantitative estimate of drug-likeness (QED) is 0.658. The molecule has 132 valence electrons. The van der Waals surface area contributed by atoms with Gasteiger partial charge >= 0.3 is 0 Å². The minimum Gasteiger partial charge on any atom is -0.322 e. The van der Waals surface area contributed by atoms with E-state index in [1.165, 1.54) is 5.70 Å². The van der Waals surface area contributed by atoms with Crippen molar-refractivity contribution in [1.82, 2.24) is 0 Å². The number of halogens is 1. The smallest absolute Gasteiger partial charge is 0.130 e. The molecule has 1 heterocycles. The molecule has 0 radical (unpaired) electrons. The monoisotopic (exact) mass is 363 g/mol. The molecule has 0 saturated carbocycles. The Kier molecular flexibility index (Phi) is 5.44. The van der Waals surface area contributed by atoms with E-state index in [0.29, 0.717) is 10.7 Å². The fraction of sp³-hybridized carbons (Fsp3) is 0.273. The molecule has 2 aromatic rings. The first kappa shape index (κ1) is 18.2. The van der Waals surface area contributed by atoms with E-state index in [1.54, 1.807) is 0 Å². The molecule has 0 aromatic heterocycles. The van der Waals surface area contributed by atoms with Crippen LogP contribution in [0.4, 0.5) is 5.69 Å². The normalized spacial score (nSPS) is 17.1. The Labute approximate surface area is 160 Å². The zero-order valence-corrected chi connectivity index (χ0v) is 16.1. The Morgan fingerprint density at radius 3 is 2.58 bits per heavy atom. The van der Waals surface area contributed by atoms with Crippen LogP contribution in [-0.2, 0) is 0 Å². The third kappa shape index (κ3) is 3.38. The molecule has 1 aliphatic heterocycles. The second-order valence-electron chi connectivity index (χ2n) is 6.45. The predicted octanol–water partition coefficient (Wildman–Crippen LogP) is 6.10. The Morgan fingerprint density at radius 2 is 1.92 bits per heavy atom. The SMILES string of the molecule is CCCC1=C(C)C(Cl)=NC(C)N1c1ccc(-c2ccccc2)c(C#N)c1. The molecule has 0 bridgehead atoms. The van der Waals surface area contributed by atoms with Crippen LogP contribution in [0.15, 0.2) is 64.8 Å². The minimum atomic E-state index is -0.0955. The van der Waals surface area contributed by atoms with Crippen LogP contribution in [0.3, 0.4) is 0 Å². The molecule has 1 unspecified atom stereocenters. The van der Waals surface area contributed by atoms with Gasteiger partial charge in [0.15, 0.2) is 0 Å². The van der Waals surface area contributed by atoms with Crippen molar-refractivity contribution >= 4 is 22.5 Å². The number of rotatable bonds is 4. The third-order valence-electron chi connectivity index (χ3n) is 4.68. The van der Waals surface area contributed by atoms with E-state index < -0.39 is 0 Å². The van der Waals surface area contributed by atoms with Gasteiger partial charge in [0.1, 0.15) is 11.3 Å². The van der Waals surface area contributed by atoms with E-state index in [1.807, 2.05) is 56.3 Å². The van der Waals surface area contributed by atoms with Gasteiger partial charge in [0.05, 0.1) is 11.6 Å². The van der Waals surface area contributed by atoms with Gasteiger partial charge in [-0.3, -0.25) is 0 Å². The zero-order chi connectivity index (χ0) is 18.7. The van der Waals surface area contributed by atoms with Gasteiger partial charge in [0.25, 0.3) is 0 Å². The highest BCUT2D eigenvalue weighted by molar-refractivity contribution is 6.69. The Balaban J connectivity index is 2.08. The zero-order valence-electron chi connectivity index (χ0n) is 15.3. The lowest BCUT2D eigenvalue weighted by molar-refractivity contribution is 0.677. The molecular weight excluding hydrogens is 342 g/mol. The maximum absolute atomic E-state index is 9.70. The molecule has 0 saturated heterocycles. The summed E-state index contributed by atoms with van der Waals surface area (Å²) in [4.78, 5) is 6.75. The van der Waals surface area contributed by atoms with Crippen molar-refractivity contribution in [2.24, 2.45) is 4.99 Å². The molecule has 1 atom stereocenters. The highest BCUT2D eigenvalue weighted by Gasteiger charge is 2.26. The van der Waals surface area contributed by atoms with Crippen LogP contribution < -0.4 is 4.90 Å². The molecule has 0 amide bonds. The molecule has 0 aliphatic carbocycles. The number of hydrogen-bond acceptors (Lipinski definition) is 3. The first-order chi connectivity index (χ1) is 12.6. The van der Waals surface area contributed by atoms with E-state index >= 15 is 0 Å². The molecule has 1 aliphatic rings. The summed E-state index contributed by atoms with van der Waals surface area (Å²) < 4.78 is 0. The average Bonchev–Trinajstić information content (AvgIpc) is 2.66. The van der Waals surface area contributed by atoms with Gasteiger partial charge in [-0.1, -0.05) is 61.3 Å². The highest BCUT2D eigenvalue weighted by atomic mass is 35.5.